The van der Waals surface area contributed by atoms with Crippen molar-refractivity contribution in [2.24, 2.45) is 11.8 Å². The van der Waals surface area contributed by atoms with Crippen LogP contribution in [0.4, 0.5) is 5.82 Å². The number of carboxylic acid groups (broad SMARTS) is 1. The van der Waals surface area contributed by atoms with E-state index in [2.05, 4.69) is 30.9 Å². The second kappa shape index (κ2) is 6.97. The third-order valence-corrected chi connectivity index (χ3v) is 3.67. The van der Waals surface area contributed by atoms with Gasteiger partial charge in [-0.1, -0.05) is 25.1 Å². The maximum absolute atomic E-state index is 11.7. The molecule has 2 rings (SSSR count). The number of aromatic nitrogens is 5. The fourth-order valence-corrected chi connectivity index (χ4v) is 2.57. The number of nitrogens with zero attached hydrogens (tertiary/aromatic N) is 4. The maximum Gasteiger partial charge on any atom is 0.307 e. The highest BCUT2D eigenvalue weighted by Gasteiger charge is 2.35. The van der Waals surface area contributed by atoms with Crippen LogP contribution in [0.15, 0.2) is 18.3 Å². The molecule has 0 spiro atoms. The number of nitrogens with one attached hydrogen (secondary N) is 2. The summed E-state index contributed by atoms with van der Waals surface area (Å²) in [4.78, 5) is 15.9. The SMILES string of the molecule is CNc1ccc(C[C@H](c2nn[nH]n2)[C@@H](C(=O)O)C(C)C)cn1. The van der Waals surface area contributed by atoms with Crippen molar-refractivity contribution in [2.45, 2.75) is 26.2 Å². The van der Waals surface area contributed by atoms with Gasteiger partial charge in [-0.25, -0.2) is 4.98 Å². The number of tetrazole rings is 1. The molecule has 22 heavy (non-hydrogen) atoms. The van der Waals surface area contributed by atoms with Crippen LogP contribution < -0.4 is 5.32 Å². The minimum absolute atomic E-state index is 0.0504. The zero-order chi connectivity index (χ0) is 16.1. The van der Waals surface area contributed by atoms with Crippen LogP contribution >= 0.6 is 0 Å². The van der Waals surface area contributed by atoms with Crippen molar-refractivity contribution in [1.29, 1.82) is 0 Å². The zero-order valence-corrected chi connectivity index (χ0v) is 12.8. The summed E-state index contributed by atoms with van der Waals surface area (Å²) in [5, 5.41) is 26.4. The monoisotopic (exact) mass is 304 g/mol. The molecule has 0 saturated carbocycles. The summed E-state index contributed by atoms with van der Waals surface area (Å²) >= 11 is 0. The molecule has 118 valence electrons. The van der Waals surface area contributed by atoms with E-state index in [1.807, 2.05) is 26.0 Å². The van der Waals surface area contributed by atoms with E-state index in [0.717, 1.165) is 11.4 Å². The molecule has 0 fully saturated rings. The Balaban J connectivity index is 2.30. The number of carboxylic acids is 1. The van der Waals surface area contributed by atoms with Crippen molar-refractivity contribution in [3.05, 3.63) is 29.7 Å². The first kappa shape index (κ1) is 15.9. The van der Waals surface area contributed by atoms with Crippen molar-refractivity contribution in [3.8, 4) is 0 Å². The molecule has 8 heteroatoms. The van der Waals surface area contributed by atoms with E-state index in [-0.39, 0.29) is 11.8 Å². The molecule has 2 atom stereocenters. The molecule has 3 N–H and O–H groups in total. The molecule has 0 aliphatic heterocycles. The fraction of sp³-hybridized carbons (Fsp3) is 0.500. The molecular weight excluding hydrogens is 284 g/mol. The average Bonchev–Trinajstić information content (AvgIpc) is 3.00. The number of aromatic amines is 1. The van der Waals surface area contributed by atoms with Gasteiger partial charge in [0.25, 0.3) is 0 Å². The number of hydrogen-bond acceptors (Lipinski definition) is 6. The van der Waals surface area contributed by atoms with Crippen molar-refractivity contribution in [1.82, 2.24) is 25.6 Å². The highest BCUT2D eigenvalue weighted by Crippen LogP contribution is 2.31. The molecule has 0 amide bonds. The standard InChI is InChI=1S/C14H20N6O2/c1-8(2)12(14(21)22)10(13-17-19-20-18-13)6-9-4-5-11(15-3)16-7-9/h4-5,7-8,10,12H,6H2,1-3H3,(H,15,16)(H,21,22)(H,17,18,19,20)/t10-,12-/m0/s1. The first-order valence-electron chi connectivity index (χ1n) is 7.11. The van der Waals surface area contributed by atoms with Gasteiger partial charge in [0.15, 0.2) is 5.82 Å². The average molecular weight is 304 g/mol. The summed E-state index contributed by atoms with van der Waals surface area (Å²) in [7, 11) is 1.79. The molecule has 8 nitrogen and oxygen atoms in total. The van der Waals surface area contributed by atoms with Crippen LogP contribution in [0.3, 0.4) is 0 Å². The summed E-state index contributed by atoms with van der Waals surface area (Å²) in [6.45, 7) is 3.77. The molecule has 2 aromatic heterocycles. The topological polar surface area (TPSA) is 117 Å². The first-order valence-corrected chi connectivity index (χ1v) is 7.11. The molecule has 2 aromatic rings. The Kier molecular flexibility index (Phi) is 5.03. The lowest BCUT2D eigenvalue weighted by molar-refractivity contribution is -0.144. The van der Waals surface area contributed by atoms with Crippen LogP contribution in [0.1, 0.15) is 31.2 Å². The molecule has 0 aliphatic rings. The zero-order valence-electron chi connectivity index (χ0n) is 12.8. The van der Waals surface area contributed by atoms with Crippen LogP contribution in [-0.2, 0) is 11.2 Å². The largest absolute Gasteiger partial charge is 0.481 e. The highest BCUT2D eigenvalue weighted by molar-refractivity contribution is 5.71. The molecule has 0 unspecified atom stereocenters. The van der Waals surface area contributed by atoms with Gasteiger partial charge in [-0.15, -0.1) is 10.2 Å². The molecule has 2 heterocycles. The second-order valence-corrected chi connectivity index (χ2v) is 5.49. The minimum atomic E-state index is -0.857. The second-order valence-electron chi connectivity index (χ2n) is 5.49. The number of pyridine rings is 1. The van der Waals surface area contributed by atoms with E-state index >= 15 is 0 Å². The Hall–Kier alpha value is -2.51. The quantitative estimate of drug-likeness (QED) is 0.706. The summed E-state index contributed by atoms with van der Waals surface area (Å²) in [6, 6.07) is 3.78. The first-order chi connectivity index (χ1) is 10.5. The van der Waals surface area contributed by atoms with Gasteiger partial charge in [0, 0.05) is 19.2 Å². The molecule has 0 saturated heterocycles. The van der Waals surface area contributed by atoms with Crippen molar-refractivity contribution in [2.75, 3.05) is 12.4 Å². The van der Waals surface area contributed by atoms with Crippen LogP contribution in [0, 0.1) is 11.8 Å². The molecule has 0 bridgehead atoms. The molecule has 0 aliphatic carbocycles. The smallest absolute Gasteiger partial charge is 0.307 e. The van der Waals surface area contributed by atoms with Crippen LogP contribution in [0.5, 0.6) is 0 Å². The lowest BCUT2D eigenvalue weighted by Crippen LogP contribution is -2.29. The normalized spacial score (nSPS) is 13.8. The lowest BCUT2D eigenvalue weighted by atomic mass is 9.79. The van der Waals surface area contributed by atoms with E-state index in [1.165, 1.54) is 0 Å². The number of anilines is 1. The Labute approximate surface area is 128 Å². The van der Waals surface area contributed by atoms with Gasteiger partial charge in [-0.3, -0.25) is 4.79 Å². The third kappa shape index (κ3) is 3.57. The third-order valence-electron chi connectivity index (χ3n) is 3.67. The lowest BCUT2D eigenvalue weighted by Gasteiger charge is -2.24. The summed E-state index contributed by atoms with van der Waals surface area (Å²) < 4.78 is 0. The Morgan fingerprint density at radius 3 is 2.64 bits per heavy atom. The van der Waals surface area contributed by atoms with E-state index < -0.39 is 11.9 Å². The van der Waals surface area contributed by atoms with Crippen molar-refractivity contribution >= 4 is 11.8 Å². The number of carbonyl (C=O) groups is 1. The number of aliphatic carboxylic acids is 1. The predicted molar refractivity (Wildman–Crippen MR) is 80.4 cm³/mol. The predicted octanol–water partition coefficient (Wildman–Crippen LogP) is 1.32. The summed E-state index contributed by atoms with van der Waals surface area (Å²) in [6.07, 6.45) is 2.23. The van der Waals surface area contributed by atoms with Gasteiger partial charge in [-0.05, 0) is 24.0 Å². The highest BCUT2D eigenvalue weighted by atomic mass is 16.4. The molecule has 0 aromatic carbocycles. The number of H-pyrrole nitrogens is 1. The number of hydrogen-bond donors (Lipinski definition) is 3. The van der Waals surface area contributed by atoms with Crippen molar-refractivity contribution < 1.29 is 9.90 Å². The van der Waals surface area contributed by atoms with Crippen LogP contribution in [-0.4, -0.2) is 43.7 Å². The molecule has 0 radical (unpaired) electrons. The van der Waals surface area contributed by atoms with Gasteiger partial charge in [0.05, 0.1) is 5.92 Å². The van der Waals surface area contributed by atoms with Gasteiger partial charge in [-0.2, -0.15) is 5.21 Å². The fourth-order valence-electron chi connectivity index (χ4n) is 2.57. The van der Waals surface area contributed by atoms with E-state index in [4.69, 9.17) is 0 Å². The van der Waals surface area contributed by atoms with Gasteiger partial charge in [0.1, 0.15) is 5.82 Å². The van der Waals surface area contributed by atoms with Crippen molar-refractivity contribution in [3.63, 3.8) is 0 Å². The Bertz CT molecular complexity index is 596. The van der Waals surface area contributed by atoms with Gasteiger partial charge >= 0.3 is 5.97 Å². The van der Waals surface area contributed by atoms with E-state index in [9.17, 15) is 9.90 Å². The Morgan fingerprint density at radius 2 is 2.18 bits per heavy atom. The molecular formula is C14H20N6O2. The number of rotatable bonds is 7. The summed E-state index contributed by atoms with van der Waals surface area (Å²) in [5.74, 6) is -0.687. The van der Waals surface area contributed by atoms with Gasteiger partial charge in [0.2, 0.25) is 0 Å². The van der Waals surface area contributed by atoms with Gasteiger partial charge < -0.3 is 10.4 Å². The van der Waals surface area contributed by atoms with Crippen LogP contribution in [0.25, 0.3) is 0 Å². The minimum Gasteiger partial charge on any atom is -0.481 e. The van der Waals surface area contributed by atoms with E-state index in [1.54, 1.807) is 13.2 Å². The Morgan fingerprint density at radius 1 is 1.41 bits per heavy atom. The maximum atomic E-state index is 11.7. The summed E-state index contributed by atoms with van der Waals surface area (Å²) in [5.41, 5.74) is 0.931. The van der Waals surface area contributed by atoms with Crippen LogP contribution in [0.2, 0.25) is 0 Å². The van der Waals surface area contributed by atoms with E-state index in [0.29, 0.717) is 12.2 Å².